The zero-order chi connectivity index (χ0) is 9.07. The van der Waals surface area contributed by atoms with Crippen molar-refractivity contribution in [2.75, 3.05) is 5.88 Å². The molecule has 2 atom stereocenters. The van der Waals surface area contributed by atoms with Gasteiger partial charge in [0.1, 0.15) is 0 Å². The first kappa shape index (κ1) is 11.3. The van der Waals surface area contributed by atoms with Crippen LogP contribution in [0, 0.1) is 17.3 Å². The van der Waals surface area contributed by atoms with Crippen molar-refractivity contribution in [2.45, 2.75) is 41.0 Å². The standard InChI is InChI=1S/C10H21Cl/c1-8(7-11)6-9(2)10(3,4)5/h8-9H,6-7H2,1-5H3. The molecular weight excluding hydrogens is 156 g/mol. The van der Waals surface area contributed by atoms with Crippen molar-refractivity contribution in [2.24, 2.45) is 17.3 Å². The van der Waals surface area contributed by atoms with Gasteiger partial charge in [0.15, 0.2) is 0 Å². The van der Waals surface area contributed by atoms with E-state index in [0.29, 0.717) is 11.3 Å². The third-order valence-electron chi connectivity index (χ3n) is 2.50. The third kappa shape index (κ3) is 4.68. The van der Waals surface area contributed by atoms with Gasteiger partial charge in [-0.25, -0.2) is 0 Å². The van der Waals surface area contributed by atoms with Crippen molar-refractivity contribution in [3.63, 3.8) is 0 Å². The van der Waals surface area contributed by atoms with Crippen LogP contribution in [0.5, 0.6) is 0 Å². The molecule has 0 aromatic rings. The van der Waals surface area contributed by atoms with Crippen LogP contribution < -0.4 is 0 Å². The maximum Gasteiger partial charge on any atom is 0.0249 e. The van der Waals surface area contributed by atoms with E-state index in [-0.39, 0.29) is 0 Å². The van der Waals surface area contributed by atoms with Gasteiger partial charge in [-0.3, -0.25) is 0 Å². The maximum atomic E-state index is 5.75. The van der Waals surface area contributed by atoms with Gasteiger partial charge in [0, 0.05) is 5.88 Å². The van der Waals surface area contributed by atoms with Crippen LogP contribution in [0.3, 0.4) is 0 Å². The predicted octanol–water partition coefficient (Wildman–Crippen LogP) is 3.93. The number of halogens is 1. The molecule has 1 heteroatoms. The highest BCUT2D eigenvalue weighted by atomic mass is 35.5. The van der Waals surface area contributed by atoms with Crippen LogP contribution in [0.1, 0.15) is 41.0 Å². The van der Waals surface area contributed by atoms with Gasteiger partial charge in [0.2, 0.25) is 0 Å². The molecule has 0 radical (unpaired) electrons. The minimum Gasteiger partial charge on any atom is -0.126 e. The zero-order valence-corrected chi connectivity index (χ0v) is 9.20. The van der Waals surface area contributed by atoms with Crippen LogP contribution in [0.25, 0.3) is 0 Å². The fourth-order valence-electron chi connectivity index (χ4n) is 1.02. The molecule has 0 spiro atoms. The fraction of sp³-hybridized carbons (Fsp3) is 1.00. The van der Waals surface area contributed by atoms with E-state index in [1.807, 2.05) is 0 Å². The zero-order valence-electron chi connectivity index (χ0n) is 8.45. The maximum absolute atomic E-state index is 5.75. The van der Waals surface area contributed by atoms with E-state index < -0.39 is 0 Å². The van der Waals surface area contributed by atoms with Crippen molar-refractivity contribution in [1.29, 1.82) is 0 Å². The molecule has 11 heavy (non-hydrogen) atoms. The highest BCUT2D eigenvalue weighted by Crippen LogP contribution is 2.30. The van der Waals surface area contributed by atoms with Gasteiger partial charge < -0.3 is 0 Å². The molecule has 0 nitrogen and oxygen atoms in total. The van der Waals surface area contributed by atoms with Crippen LogP contribution in [-0.4, -0.2) is 5.88 Å². The first-order chi connectivity index (χ1) is 4.88. The molecule has 0 aromatic heterocycles. The summed E-state index contributed by atoms with van der Waals surface area (Å²) in [6, 6.07) is 0. The van der Waals surface area contributed by atoms with E-state index in [1.54, 1.807) is 0 Å². The van der Waals surface area contributed by atoms with Crippen molar-refractivity contribution in [1.82, 2.24) is 0 Å². The first-order valence-corrected chi connectivity index (χ1v) is 4.97. The molecular formula is C10H21Cl. The number of alkyl halides is 1. The van der Waals surface area contributed by atoms with Crippen LogP contribution in [0.4, 0.5) is 0 Å². The second-order valence-electron chi connectivity index (χ2n) is 4.76. The summed E-state index contributed by atoms with van der Waals surface area (Å²) in [6.07, 6.45) is 1.24. The Kier molecular flexibility index (Phi) is 4.46. The number of rotatable bonds is 3. The molecule has 0 saturated carbocycles. The second kappa shape index (κ2) is 4.35. The Morgan fingerprint density at radius 2 is 1.64 bits per heavy atom. The van der Waals surface area contributed by atoms with Crippen molar-refractivity contribution < 1.29 is 0 Å². The molecule has 2 unspecified atom stereocenters. The quantitative estimate of drug-likeness (QED) is 0.572. The number of hydrogen-bond acceptors (Lipinski definition) is 0. The van der Waals surface area contributed by atoms with Crippen molar-refractivity contribution in [3.8, 4) is 0 Å². The summed E-state index contributed by atoms with van der Waals surface area (Å²) in [7, 11) is 0. The monoisotopic (exact) mass is 176 g/mol. The van der Waals surface area contributed by atoms with E-state index >= 15 is 0 Å². The first-order valence-electron chi connectivity index (χ1n) is 4.44. The Balaban J connectivity index is 3.77. The second-order valence-corrected chi connectivity index (χ2v) is 5.07. The lowest BCUT2D eigenvalue weighted by molar-refractivity contribution is 0.225. The Hall–Kier alpha value is 0.290. The average Bonchev–Trinajstić information content (AvgIpc) is 1.85. The molecule has 0 rings (SSSR count). The molecule has 0 N–H and O–H groups in total. The van der Waals surface area contributed by atoms with Gasteiger partial charge in [-0.2, -0.15) is 0 Å². The molecule has 0 aliphatic carbocycles. The van der Waals surface area contributed by atoms with E-state index in [9.17, 15) is 0 Å². The van der Waals surface area contributed by atoms with Crippen LogP contribution in [0.15, 0.2) is 0 Å². The fourth-order valence-corrected chi connectivity index (χ4v) is 1.15. The molecule has 0 heterocycles. The van der Waals surface area contributed by atoms with E-state index in [4.69, 9.17) is 11.6 Å². The lowest BCUT2D eigenvalue weighted by Crippen LogP contribution is -2.20. The lowest BCUT2D eigenvalue weighted by Gasteiger charge is -2.28. The summed E-state index contributed by atoms with van der Waals surface area (Å²) in [5.74, 6) is 2.21. The van der Waals surface area contributed by atoms with E-state index in [2.05, 4.69) is 34.6 Å². The Bertz CT molecular complexity index is 102. The topological polar surface area (TPSA) is 0 Å². The van der Waals surface area contributed by atoms with Crippen molar-refractivity contribution >= 4 is 11.6 Å². The van der Waals surface area contributed by atoms with Gasteiger partial charge in [-0.05, 0) is 23.7 Å². The molecule has 0 saturated heterocycles. The Morgan fingerprint density at radius 3 is 1.91 bits per heavy atom. The predicted molar refractivity (Wildman–Crippen MR) is 53.1 cm³/mol. The molecule has 0 aromatic carbocycles. The van der Waals surface area contributed by atoms with E-state index in [1.165, 1.54) is 6.42 Å². The Morgan fingerprint density at radius 1 is 1.18 bits per heavy atom. The molecule has 0 aliphatic rings. The highest BCUT2D eigenvalue weighted by Gasteiger charge is 2.21. The minimum atomic E-state index is 0.431. The minimum absolute atomic E-state index is 0.431. The highest BCUT2D eigenvalue weighted by molar-refractivity contribution is 6.18. The molecule has 68 valence electrons. The smallest absolute Gasteiger partial charge is 0.0249 e. The summed E-state index contributed by atoms with van der Waals surface area (Å²) in [6.45, 7) is 11.4. The van der Waals surface area contributed by atoms with Crippen LogP contribution >= 0.6 is 11.6 Å². The molecule has 0 amide bonds. The normalized spacial score (nSPS) is 18.0. The van der Waals surface area contributed by atoms with E-state index in [0.717, 1.165) is 11.8 Å². The largest absolute Gasteiger partial charge is 0.126 e. The average molecular weight is 177 g/mol. The molecule has 0 aliphatic heterocycles. The molecule has 0 bridgehead atoms. The number of hydrogen-bond donors (Lipinski definition) is 0. The summed E-state index contributed by atoms with van der Waals surface area (Å²) < 4.78 is 0. The summed E-state index contributed by atoms with van der Waals surface area (Å²) in [5.41, 5.74) is 0.431. The van der Waals surface area contributed by atoms with Crippen LogP contribution in [0.2, 0.25) is 0 Å². The molecule has 0 fully saturated rings. The van der Waals surface area contributed by atoms with Gasteiger partial charge >= 0.3 is 0 Å². The summed E-state index contributed by atoms with van der Waals surface area (Å²) in [5, 5.41) is 0. The van der Waals surface area contributed by atoms with Gasteiger partial charge in [-0.1, -0.05) is 34.6 Å². The lowest BCUT2D eigenvalue weighted by atomic mass is 9.78. The van der Waals surface area contributed by atoms with Crippen LogP contribution in [-0.2, 0) is 0 Å². The summed E-state index contributed by atoms with van der Waals surface area (Å²) in [4.78, 5) is 0. The van der Waals surface area contributed by atoms with Gasteiger partial charge in [-0.15, -0.1) is 11.6 Å². The third-order valence-corrected chi connectivity index (χ3v) is 3.02. The Labute approximate surface area is 76.3 Å². The van der Waals surface area contributed by atoms with Crippen molar-refractivity contribution in [3.05, 3.63) is 0 Å². The van der Waals surface area contributed by atoms with Gasteiger partial charge in [0.05, 0.1) is 0 Å². The SMILES string of the molecule is CC(CCl)CC(C)C(C)(C)C. The summed E-state index contributed by atoms with van der Waals surface area (Å²) >= 11 is 5.75. The van der Waals surface area contributed by atoms with Gasteiger partial charge in [0.25, 0.3) is 0 Å².